The summed E-state index contributed by atoms with van der Waals surface area (Å²) in [6.45, 7) is 3.30. The highest BCUT2D eigenvalue weighted by Crippen LogP contribution is 2.16. The fourth-order valence-corrected chi connectivity index (χ4v) is 2.24. The van der Waals surface area contributed by atoms with Crippen molar-refractivity contribution in [2.75, 3.05) is 11.9 Å². The van der Waals surface area contributed by atoms with E-state index in [0.29, 0.717) is 19.4 Å². The van der Waals surface area contributed by atoms with Crippen molar-refractivity contribution in [1.82, 2.24) is 9.88 Å². The van der Waals surface area contributed by atoms with E-state index in [0.717, 1.165) is 37.2 Å². The molecule has 0 saturated carbocycles. The van der Waals surface area contributed by atoms with Crippen molar-refractivity contribution in [2.24, 2.45) is 0 Å². The zero-order valence-corrected chi connectivity index (χ0v) is 11.9. The minimum Gasteiger partial charge on any atom is -0.370 e. The quantitative estimate of drug-likeness (QED) is 0.838. The number of hydrogen-bond donors (Lipinski definition) is 1. The van der Waals surface area contributed by atoms with Crippen molar-refractivity contribution in [1.29, 1.82) is 0 Å². The predicted octanol–water partition coefficient (Wildman–Crippen LogP) is 2.33. The van der Waals surface area contributed by atoms with Gasteiger partial charge in [0.05, 0.1) is 6.54 Å². The van der Waals surface area contributed by atoms with Crippen LogP contribution in [0.25, 0.3) is 0 Å². The molecule has 1 saturated heterocycles. The summed E-state index contributed by atoms with van der Waals surface area (Å²) in [4.78, 5) is 29.5. The van der Waals surface area contributed by atoms with Crippen molar-refractivity contribution in [3.05, 3.63) is 23.9 Å². The highest BCUT2D eigenvalue weighted by Gasteiger charge is 2.24. The maximum atomic E-state index is 12.0. The summed E-state index contributed by atoms with van der Waals surface area (Å²) < 4.78 is 0. The van der Waals surface area contributed by atoms with Gasteiger partial charge in [-0.15, -0.1) is 0 Å². The third-order valence-electron chi connectivity index (χ3n) is 3.35. The zero-order valence-electron chi connectivity index (χ0n) is 11.9. The molecule has 20 heavy (non-hydrogen) atoms. The van der Waals surface area contributed by atoms with Crippen LogP contribution >= 0.6 is 0 Å². The molecule has 0 aliphatic carbocycles. The molecule has 108 valence electrons. The van der Waals surface area contributed by atoms with Crippen molar-refractivity contribution in [3.63, 3.8) is 0 Å². The van der Waals surface area contributed by atoms with E-state index in [-0.39, 0.29) is 11.8 Å². The summed E-state index contributed by atoms with van der Waals surface area (Å²) in [5.41, 5.74) is 0.933. The maximum Gasteiger partial charge on any atom is 0.229 e. The van der Waals surface area contributed by atoms with E-state index in [1.165, 1.54) is 4.90 Å². The van der Waals surface area contributed by atoms with Crippen LogP contribution < -0.4 is 5.32 Å². The molecule has 1 aliphatic rings. The molecule has 0 aromatic carbocycles. The molecule has 1 aromatic rings. The third kappa shape index (κ3) is 3.79. The normalized spacial score (nSPS) is 16.1. The number of pyridine rings is 1. The van der Waals surface area contributed by atoms with Crippen molar-refractivity contribution in [3.8, 4) is 0 Å². The van der Waals surface area contributed by atoms with Gasteiger partial charge in [0.2, 0.25) is 11.8 Å². The van der Waals surface area contributed by atoms with Gasteiger partial charge in [0.1, 0.15) is 5.82 Å². The Morgan fingerprint density at radius 3 is 2.60 bits per heavy atom. The Morgan fingerprint density at radius 1 is 1.25 bits per heavy atom. The molecule has 2 amide bonds. The number of carbonyl (C=O) groups is 2. The van der Waals surface area contributed by atoms with E-state index in [4.69, 9.17) is 0 Å². The highest BCUT2D eigenvalue weighted by molar-refractivity contribution is 5.95. The topological polar surface area (TPSA) is 62.3 Å². The van der Waals surface area contributed by atoms with Crippen LogP contribution in [-0.4, -0.2) is 28.2 Å². The number of nitrogens with one attached hydrogen (secondary N) is 1. The lowest BCUT2D eigenvalue weighted by Gasteiger charge is -2.19. The Labute approximate surface area is 119 Å². The van der Waals surface area contributed by atoms with E-state index in [9.17, 15) is 9.59 Å². The lowest BCUT2D eigenvalue weighted by Crippen LogP contribution is -2.34. The molecule has 1 aliphatic heterocycles. The summed E-state index contributed by atoms with van der Waals surface area (Å²) in [7, 11) is 0. The second-order valence-electron chi connectivity index (χ2n) is 5.06. The Hall–Kier alpha value is -1.91. The molecule has 0 radical (unpaired) electrons. The van der Waals surface area contributed by atoms with Crippen LogP contribution in [0, 0.1) is 0 Å². The number of likely N-dealkylation sites (tertiary alicyclic amines) is 1. The van der Waals surface area contributed by atoms with Crippen LogP contribution in [0.5, 0.6) is 0 Å². The van der Waals surface area contributed by atoms with Gasteiger partial charge in [0, 0.05) is 25.6 Å². The second-order valence-corrected chi connectivity index (χ2v) is 5.06. The fourth-order valence-electron chi connectivity index (χ4n) is 2.24. The summed E-state index contributed by atoms with van der Waals surface area (Å²) in [5.74, 6) is 0.666. The minimum absolute atomic E-state index is 0.0626. The molecule has 0 atom stereocenters. The molecule has 5 heteroatoms. The standard InChI is InChI=1S/C15H21N3O2/c1-2-8-16-13-10-12(7-9-17-13)11-18-14(19)5-3-4-6-15(18)20/h7,9-10H,2-6,8,11H2,1H3,(H,16,17). The molecule has 0 bridgehead atoms. The number of rotatable bonds is 5. The Bertz CT molecular complexity index is 470. The molecule has 1 fully saturated rings. The first-order valence-electron chi connectivity index (χ1n) is 7.22. The lowest BCUT2D eigenvalue weighted by atomic mass is 10.2. The number of aromatic nitrogens is 1. The van der Waals surface area contributed by atoms with Gasteiger partial charge < -0.3 is 5.32 Å². The van der Waals surface area contributed by atoms with Crippen LogP contribution in [0.4, 0.5) is 5.82 Å². The molecule has 2 rings (SSSR count). The van der Waals surface area contributed by atoms with Gasteiger partial charge in [-0.3, -0.25) is 14.5 Å². The molecule has 0 unspecified atom stereocenters. The Balaban J connectivity index is 2.07. The first-order valence-corrected chi connectivity index (χ1v) is 7.22. The Morgan fingerprint density at radius 2 is 1.95 bits per heavy atom. The van der Waals surface area contributed by atoms with Gasteiger partial charge in [-0.05, 0) is 37.0 Å². The average Bonchev–Trinajstić information content (AvgIpc) is 2.61. The highest BCUT2D eigenvalue weighted by atomic mass is 16.2. The van der Waals surface area contributed by atoms with Crippen molar-refractivity contribution in [2.45, 2.75) is 45.6 Å². The van der Waals surface area contributed by atoms with E-state index in [1.807, 2.05) is 12.1 Å². The monoisotopic (exact) mass is 275 g/mol. The lowest BCUT2D eigenvalue weighted by molar-refractivity contribution is -0.144. The van der Waals surface area contributed by atoms with E-state index in [2.05, 4.69) is 17.2 Å². The molecular weight excluding hydrogens is 254 g/mol. The second kappa shape index (κ2) is 7.03. The number of carbonyl (C=O) groups excluding carboxylic acids is 2. The van der Waals surface area contributed by atoms with E-state index < -0.39 is 0 Å². The van der Waals surface area contributed by atoms with Crippen LogP contribution in [0.3, 0.4) is 0 Å². The van der Waals surface area contributed by atoms with Gasteiger partial charge in [-0.2, -0.15) is 0 Å². The first-order chi connectivity index (χ1) is 9.70. The number of amides is 2. The van der Waals surface area contributed by atoms with Gasteiger partial charge in [-0.25, -0.2) is 4.98 Å². The summed E-state index contributed by atoms with van der Waals surface area (Å²) in [6, 6.07) is 3.75. The third-order valence-corrected chi connectivity index (χ3v) is 3.35. The molecular formula is C15H21N3O2. The van der Waals surface area contributed by atoms with Gasteiger partial charge >= 0.3 is 0 Å². The van der Waals surface area contributed by atoms with Gasteiger partial charge in [0.25, 0.3) is 0 Å². The molecule has 1 aromatic heterocycles. The van der Waals surface area contributed by atoms with Gasteiger partial charge in [0.15, 0.2) is 0 Å². The molecule has 1 N–H and O–H groups in total. The largest absolute Gasteiger partial charge is 0.370 e. The summed E-state index contributed by atoms with van der Waals surface area (Å²) in [6.07, 6.45) is 5.28. The number of nitrogens with zero attached hydrogens (tertiary/aromatic N) is 2. The van der Waals surface area contributed by atoms with E-state index in [1.54, 1.807) is 6.20 Å². The van der Waals surface area contributed by atoms with Crippen molar-refractivity contribution < 1.29 is 9.59 Å². The number of hydrogen-bond acceptors (Lipinski definition) is 4. The maximum absolute atomic E-state index is 12.0. The summed E-state index contributed by atoms with van der Waals surface area (Å²) >= 11 is 0. The Kier molecular flexibility index (Phi) is 5.09. The minimum atomic E-state index is -0.0626. The number of anilines is 1. The van der Waals surface area contributed by atoms with E-state index >= 15 is 0 Å². The van der Waals surface area contributed by atoms with Crippen LogP contribution in [-0.2, 0) is 16.1 Å². The van der Waals surface area contributed by atoms with Crippen molar-refractivity contribution >= 4 is 17.6 Å². The zero-order chi connectivity index (χ0) is 14.4. The van der Waals surface area contributed by atoms with Crippen LogP contribution in [0.1, 0.15) is 44.6 Å². The van der Waals surface area contributed by atoms with Crippen LogP contribution in [0.15, 0.2) is 18.3 Å². The average molecular weight is 275 g/mol. The SMILES string of the molecule is CCCNc1cc(CN2C(=O)CCCCC2=O)ccn1. The smallest absolute Gasteiger partial charge is 0.229 e. The fraction of sp³-hybridized carbons (Fsp3) is 0.533. The summed E-state index contributed by atoms with van der Waals surface area (Å²) in [5, 5.41) is 3.21. The molecule has 5 nitrogen and oxygen atoms in total. The predicted molar refractivity (Wildman–Crippen MR) is 77.0 cm³/mol. The van der Waals surface area contributed by atoms with Gasteiger partial charge in [-0.1, -0.05) is 6.92 Å². The molecule has 0 spiro atoms. The molecule has 2 heterocycles. The first kappa shape index (κ1) is 14.5. The van der Waals surface area contributed by atoms with Crippen LogP contribution in [0.2, 0.25) is 0 Å². The number of imide groups is 1.